The van der Waals surface area contributed by atoms with E-state index in [1.54, 1.807) is 7.05 Å². The summed E-state index contributed by atoms with van der Waals surface area (Å²) >= 11 is 0. The van der Waals surface area contributed by atoms with Crippen LogP contribution in [0.2, 0.25) is 0 Å². The Balaban J connectivity index is 3.39. The zero-order valence-corrected chi connectivity index (χ0v) is 22.8. The van der Waals surface area contributed by atoms with Crippen LogP contribution >= 0.6 is 7.82 Å². The van der Waals surface area contributed by atoms with Crippen molar-refractivity contribution >= 4 is 7.82 Å². The molecule has 33 heavy (non-hydrogen) atoms. The maximum atomic E-state index is 11.7. The summed E-state index contributed by atoms with van der Waals surface area (Å²) in [5.41, 5.74) is 0. The van der Waals surface area contributed by atoms with Gasteiger partial charge in [0, 0.05) is 20.3 Å². The van der Waals surface area contributed by atoms with Crippen LogP contribution in [0.15, 0.2) is 0 Å². The molecule has 2 N–H and O–H groups in total. The van der Waals surface area contributed by atoms with Gasteiger partial charge in [0.1, 0.15) is 6.10 Å². The van der Waals surface area contributed by atoms with Crippen LogP contribution in [0.1, 0.15) is 110 Å². The Labute approximate surface area is 204 Å². The number of likely N-dealkylation sites (N-methyl/N-ethyl adjacent to an activating group) is 1. The number of hydrogen-bond acceptors (Lipinski definition) is 6. The molecule has 0 heterocycles. The highest BCUT2D eigenvalue weighted by Crippen LogP contribution is 2.43. The summed E-state index contributed by atoms with van der Waals surface area (Å²) in [7, 11) is -0.765. The standard InChI is InChI=1S/C25H54NO6P/c1-4-5-6-7-8-9-10-11-12-13-14-15-16-17-18-19-21-30-23-25(29-3)24-32-33(27,28)31-22-20-26-2/h25-26H,4-24H2,1-3H3,(H,27,28). The summed E-state index contributed by atoms with van der Waals surface area (Å²) in [6.45, 7) is 3.83. The second-order valence-corrected chi connectivity index (χ2v) is 10.4. The fourth-order valence-electron chi connectivity index (χ4n) is 3.63. The molecule has 7 nitrogen and oxygen atoms in total. The molecule has 0 radical (unpaired) electrons. The van der Waals surface area contributed by atoms with E-state index in [4.69, 9.17) is 18.5 Å². The zero-order chi connectivity index (χ0) is 24.5. The lowest BCUT2D eigenvalue weighted by molar-refractivity contribution is -0.0220. The molecule has 2 unspecified atom stereocenters. The highest BCUT2D eigenvalue weighted by Gasteiger charge is 2.23. The Hall–Kier alpha value is -0.0100. The van der Waals surface area contributed by atoms with Crippen molar-refractivity contribution in [2.45, 2.75) is 116 Å². The first-order valence-electron chi connectivity index (χ1n) is 13.4. The first-order valence-corrected chi connectivity index (χ1v) is 14.9. The zero-order valence-electron chi connectivity index (χ0n) is 21.9. The van der Waals surface area contributed by atoms with Crippen LogP contribution < -0.4 is 5.32 Å². The molecule has 8 heteroatoms. The van der Waals surface area contributed by atoms with Crippen molar-refractivity contribution in [3.63, 3.8) is 0 Å². The smallest absolute Gasteiger partial charge is 0.379 e. The topological polar surface area (TPSA) is 86.3 Å². The maximum absolute atomic E-state index is 11.7. The largest absolute Gasteiger partial charge is 0.472 e. The number of ether oxygens (including phenoxy) is 2. The fourth-order valence-corrected chi connectivity index (χ4v) is 4.38. The number of unbranched alkanes of at least 4 members (excludes halogenated alkanes) is 15. The average Bonchev–Trinajstić information content (AvgIpc) is 2.80. The molecule has 0 saturated heterocycles. The molecule has 0 bridgehead atoms. The molecule has 0 fully saturated rings. The number of phosphoric ester groups is 1. The highest BCUT2D eigenvalue weighted by molar-refractivity contribution is 7.47. The molecule has 2 atom stereocenters. The van der Waals surface area contributed by atoms with E-state index in [1.165, 1.54) is 103 Å². The fraction of sp³-hybridized carbons (Fsp3) is 1.00. The van der Waals surface area contributed by atoms with Crippen molar-refractivity contribution in [3.8, 4) is 0 Å². The quantitative estimate of drug-likeness (QED) is 0.0976. The second kappa shape index (κ2) is 25.1. The molecule has 0 aromatic carbocycles. The molecule has 0 aliphatic carbocycles. The average molecular weight is 496 g/mol. The van der Waals surface area contributed by atoms with Crippen molar-refractivity contribution in [3.05, 3.63) is 0 Å². The Morgan fingerprint density at radius 3 is 1.67 bits per heavy atom. The van der Waals surface area contributed by atoms with Crippen molar-refractivity contribution < 1.29 is 28.0 Å². The first-order chi connectivity index (χ1) is 16.1. The third-order valence-corrected chi connectivity index (χ3v) is 6.79. The maximum Gasteiger partial charge on any atom is 0.472 e. The van der Waals surface area contributed by atoms with Crippen LogP contribution in [0.3, 0.4) is 0 Å². The Bertz CT molecular complexity index is 441. The molecule has 0 rings (SSSR count). The minimum atomic E-state index is -4.04. The van der Waals surface area contributed by atoms with Gasteiger partial charge in [-0.2, -0.15) is 0 Å². The van der Waals surface area contributed by atoms with Crippen LogP contribution in [0.5, 0.6) is 0 Å². The van der Waals surface area contributed by atoms with Gasteiger partial charge in [-0.05, 0) is 13.5 Å². The van der Waals surface area contributed by atoms with Gasteiger partial charge in [-0.3, -0.25) is 9.05 Å². The van der Waals surface area contributed by atoms with Gasteiger partial charge in [0.2, 0.25) is 0 Å². The second-order valence-electron chi connectivity index (χ2n) is 8.94. The van der Waals surface area contributed by atoms with Crippen LogP contribution in [0.25, 0.3) is 0 Å². The van der Waals surface area contributed by atoms with E-state index in [-0.39, 0.29) is 19.3 Å². The van der Waals surface area contributed by atoms with Gasteiger partial charge < -0.3 is 19.7 Å². The van der Waals surface area contributed by atoms with Crippen molar-refractivity contribution in [2.75, 3.05) is 47.1 Å². The number of nitrogens with one attached hydrogen (secondary N) is 1. The minimum Gasteiger partial charge on any atom is -0.379 e. The highest BCUT2D eigenvalue weighted by atomic mass is 31.2. The van der Waals surface area contributed by atoms with Gasteiger partial charge in [-0.1, -0.05) is 103 Å². The van der Waals surface area contributed by atoms with E-state index >= 15 is 0 Å². The lowest BCUT2D eigenvalue weighted by Gasteiger charge is -2.18. The van der Waals surface area contributed by atoms with Crippen molar-refractivity contribution in [1.29, 1.82) is 0 Å². The number of hydrogen-bond donors (Lipinski definition) is 2. The predicted molar refractivity (Wildman–Crippen MR) is 137 cm³/mol. The Morgan fingerprint density at radius 2 is 1.21 bits per heavy atom. The molecule has 0 aromatic rings. The predicted octanol–water partition coefficient (Wildman–Crippen LogP) is 6.63. The summed E-state index contributed by atoms with van der Waals surface area (Å²) in [4.78, 5) is 9.60. The lowest BCUT2D eigenvalue weighted by atomic mass is 10.0. The summed E-state index contributed by atoms with van der Waals surface area (Å²) in [5, 5.41) is 2.83. The lowest BCUT2D eigenvalue weighted by Crippen LogP contribution is -2.24. The number of phosphoric acid groups is 1. The summed E-state index contributed by atoms with van der Waals surface area (Å²) in [6.07, 6.45) is 21.2. The van der Waals surface area contributed by atoms with Crippen molar-refractivity contribution in [2.24, 2.45) is 0 Å². The van der Waals surface area contributed by atoms with Crippen LogP contribution in [0, 0.1) is 0 Å². The van der Waals surface area contributed by atoms with Gasteiger partial charge in [0.25, 0.3) is 0 Å². The van der Waals surface area contributed by atoms with E-state index < -0.39 is 7.82 Å². The van der Waals surface area contributed by atoms with E-state index in [9.17, 15) is 9.46 Å². The molecular weight excluding hydrogens is 441 g/mol. The van der Waals surface area contributed by atoms with Crippen molar-refractivity contribution in [1.82, 2.24) is 5.32 Å². The third kappa shape index (κ3) is 24.9. The summed E-state index contributed by atoms with van der Waals surface area (Å²) < 4.78 is 32.4. The van der Waals surface area contributed by atoms with E-state index in [0.29, 0.717) is 19.8 Å². The summed E-state index contributed by atoms with van der Waals surface area (Å²) in [5.74, 6) is 0. The van der Waals surface area contributed by atoms with Gasteiger partial charge in [-0.15, -0.1) is 0 Å². The van der Waals surface area contributed by atoms with Crippen LogP contribution in [-0.4, -0.2) is 58.1 Å². The first kappa shape index (κ1) is 33.0. The van der Waals surface area contributed by atoms with Gasteiger partial charge in [0.05, 0.1) is 19.8 Å². The Morgan fingerprint density at radius 1 is 0.727 bits per heavy atom. The molecule has 0 spiro atoms. The van der Waals surface area contributed by atoms with E-state index in [1.807, 2.05) is 0 Å². The minimum absolute atomic E-state index is 0.0389. The third-order valence-electron chi connectivity index (χ3n) is 5.81. The molecule has 0 aliphatic rings. The number of methoxy groups -OCH3 is 1. The molecule has 0 amide bonds. The van der Waals surface area contributed by atoms with E-state index in [0.717, 1.165) is 6.42 Å². The van der Waals surface area contributed by atoms with Gasteiger partial charge in [0.15, 0.2) is 0 Å². The normalized spacial score (nSPS) is 14.4. The molecule has 0 saturated carbocycles. The molecule has 0 aliphatic heterocycles. The Kier molecular flexibility index (Phi) is 25.1. The molecule has 0 aromatic heterocycles. The number of rotatable bonds is 27. The summed E-state index contributed by atoms with van der Waals surface area (Å²) in [6, 6.07) is 0. The monoisotopic (exact) mass is 495 g/mol. The van der Waals surface area contributed by atoms with Crippen LogP contribution in [-0.2, 0) is 23.1 Å². The van der Waals surface area contributed by atoms with E-state index in [2.05, 4.69) is 12.2 Å². The molecule has 200 valence electrons. The van der Waals surface area contributed by atoms with Crippen LogP contribution in [0.4, 0.5) is 0 Å². The van der Waals surface area contributed by atoms with Gasteiger partial charge >= 0.3 is 7.82 Å². The van der Waals surface area contributed by atoms with Gasteiger partial charge in [-0.25, -0.2) is 4.57 Å². The SMILES string of the molecule is CCCCCCCCCCCCCCCCCCOCC(COP(=O)(O)OCCNC)OC. The molecular formula is C25H54NO6P.